The lowest BCUT2D eigenvalue weighted by molar-refractivity contribution is -0.116. The molecule has 1 unspecified atom stereocenters. The first-order valence-electron chi connectivity index (χ1n) is 8.04. The number of hydrogen-bond donors (Lipinski definition) is 1. The number of anilines is 1. The molecular weight excluding hydrogens is 318 g/mol. The van der Waals surface area contributed by atoms with Crippen LogP contribution in [0.25, 0.3) is 0 Å². The second-order valence-corrected chi connectivity index (χ2v) is 7.22. The van der Waals surface area contributed by atoms with Gasteiger partial charge in [-0.1, -0.05) is 56.3 Å². The van der Waals surface area contributed by atoms with E-state index in [4.69, 9.17) is 0 Å². The minimum absolute atomic E-state index is 0.00930. The van der Waals surface area contributed by atoms with Crippen molar-refractivity contribution in [3.05, 3.63) is 65.7 Å². The van der Waals surface area contributed by atoms with E-state index in [2.05, 4.69) is 17.4 Å². The number of ketones is 1. The third-order valence-electron chi connectivity index (χ3n) is 3.67. The van der Waals surface area contributed by atoms with Crippen molar-refractivity contribution in [2.24, 2.45) is 5.92 Å². The molecule has 4 heteroatoms. The summed E-state index contributed by atoms with van der Waals surface area (Å²) in [4.78, 5) is 24.1. The molecule has 1 atom stereocenters. The second-order valence-electron chi connectivity index (χ2n) is 6.09. The Bertz CT molecular complexity index is 698. The molecule has 0 heterocycles. The van der Waals surface area contributed by atoms with Crippen molar-refractivity contribution >= 4 is 29.1 Å². The van der Waals surface area contributed by atoms with Gasteiger partial charge in [-0.15, -0.1) is 11.8 Å². The minimum atomic E-state index is -0.147. The Morgan fingerprint density at radius 2 is 1.75 bits per heavy atom. The van der Waals surface area contributed by atoms with Crippen LogP contribution in [0.3, 0.4) is 0 Å². The molecular formula is C20H23NO2S. The molecule has 0 aliphatic heterocycles. The normalized spacial score (nSPS) is 12.0. The number of Topliss-reactive ketones (excluding diaryl/α,β-unsaturated/α-hetero) is 1. The molecule has 1 amide bonds. The highest BCUT2D eigenvalue weighted by Crippen LogP contribution is 2.25. The number of carbonyl (C=O) groups is 2. The van der Waals surface area contributed by atoms with Gasteiger partial charge in [0.05, 0.1) is 5.25 Å². The van der Waals surface area contributed by atoms with Gasteiger partial charge in [0.2, 0.25) is 5.91 Å². The van der Waals surface area contributed by atoms with Crippen LogP contribution in [0.1, 0.15) is 36.7 Å². The largest absolute Gasteiger partial charge is 0.325 e. The lowest BCUT2D eigenvalue weighted by Crippen LogP contribution is -2.29. The lowest BCUT2D eigenvalue weighted by Gasteiger charge is -2.20. The maximum absolute atomic E-state index is 12.6. The Balaban J connectivity index is 2.03. The fraction of sp³-hybridized carbons (Fsp3) is 0.300. The summed E-state index contributed by atoms with van der Waals surface area (Å²) < 4.78 is 0. The molecule has 0 fully saturated rings. The van der Waals surface area contributed by atoms with Crippen molar-refractivity contribution in [2.45, 2.75) is 31.8 Å². The van der Waals surface area contributed by atoms with Crippen LogP contribution in [0.15, 0.2) is 54.6 Å². The van der Waals surface area contributed by atoms with Gasteiger partial charge in [-0.05, 0) is 30.5 Å². The van der Waals surface area contributed by atoms with Crippen LogP contribution in [-0.4, -0.2) is 16.9 Å². The number of hydrogen-bond acceptors (Lipinski definition) is 3. The number of benzene rings is 2. The smallest absolute Gasteiger partial charge is 0.237 e. The van der Waals surface area contributed by atoms with Crippen LogP contribution >= 0.6 is 11.8 Å². The fourth-order valence-corrected chi connectivity index (χ4v) is 3.52. The average Bonchev–Trinajstić information content (AvgIpc) is 2.56. The molecule has 126 valence electrons. The quantitative estimate of drug-likeness (QED) is 0.737. The Labute approximate surface area is 147 Å². The predicted octanol–water partition coefficient (Wildman–Crippen LogP) is 4.79. The first kappa shape index (κ1) is 18.3. The topological polar surface area (TPSA) is 46.2 Å². The van der Waals surface area contributed by atoms with Gasteiger partial charge in [-0.3, -0.25) is 9.59 Å². The van der Waals surface area contributed by atoms with E-state index in [1.54, 1.807) is 30.0 Å². The first-order chi connectivity index (χ1) is 11.5. The number of amides is 1. The van der Waals surface area contributed by atoms with Crippen LogP contribution in [0.5, 0.6) is 0 Å². The molecule has 2 rings (SSSR count). The summed E-state index contributed by atoms with van der Waals surface area (Å²) in [7, 11) is 0. The molecule has 0 aliphatic carbocycles. The van der Waals surface area contributed by atoms with Crippen LogP contribution in [0.4, 0.5) is 5.69 Å². The third kappa shape index (κ3) is 5.24. The van der Waals surface area contributed by atoms with E-state index in [1.165, 1.54) is 12.5 Å². The van der Waals surface area contributed by atoms with E-state index < -0.39 is 0 Å². The van der Waals surface area contributed by atoms with Crippen LogP contribution in [0, 0.1) is 5.92 Å². The van der Waals surface area contributed by atoms with Gasteiger partial charge in [-0.2, -0.15) is 0 Å². The molecule has 2 aromatic rings. The van der Waals surface area contributed by atoms with E-state index in [1.807, 2.05) is 38.1 Å². The SMILES string of the molecule is CC(=O)c1cccc(NC(=O)C(SCc2ccccc2)C(C)C)c1. The zero-order valence-electron chi connectivity index (χ0n) is 14.3. The molecule has 1 N–H and O–H groups in total. The molecule has 0 saturated heterocycles. The zero-order chi connectivity index (χ0) is 17.5. The highest BCUT2D eigenvalue weighted by atomic mass is 32.2. The van der Waals surface area contributed by atoms with Gasteiger partial charge in [0.25, 0.3) is 0 Å². The van der Waals surface area contributed by atoms with Crippen molar-refractivity contribution in [1.29, 1.82) is 0 Å². The third-order valence-corrected chi connectivity index (χ3v) is 5.29. The van der Waals surface area contributed by atoms with Gasteiger partial charge in [0, 0.05) is 17.0 Å². The predicted molar refractivity (Wildman–Crippen MR) is 101 cm³/mol. The van der Waals surface area contributed by atoms with E-state index in [0.717, 1.165) is 5.75 Å². The Morgan fingerprint density at radius 3 is 2.38 bits per heavy atom. The average molecular weight is 341 g/mol. The molecule has 0 bridgehead atoms. The Hall–Kier alpha value is -2.07. The monoisotopic (exact) mass is 341 g/mol. The minimum Gasteiger partial charge on any atom is -0.325 e. The van der Waals surface area contributed by atoms with Crippen LogP contribution in [0.2, 0.25) is 0 Å². The Morgan fingerprint density at radius 1 is 1.04 bits per heavy atom. The van der Waals surface area contributed by atoms with Crippen molar-refractivity contribution in [1.82, 2.24) is 0 Å². The number of nitrogens with one attached hydrogen (secondary N) is 1. The molecule has 0 aromatic heterocycles. The van der Waals surface area contributed by atoms with E-state index >= 15 is 0 Å². The van der Waals surface area contributed by atoms with Gasteiger partial charge in [0.15, 0.2) is 5.78 Å². The van der Waals surface area contributed by atoms with Crippen molar-refractivity contribution in [2.75, 3.05) is 5.32 Å². The van der Waals surface area contributed by atoms with Crippen molar-refractivity contribution in [3.8, 4) is 0 Å². The molecule has 0 spiro atoms. The van der Waals surface area contributed by atoms with Crippen molar-refractivity contribution in [3.63, 3.8) is 0 Å². The van der Waals surface area contributed by atoms with Crippen molar-refractivity contribution < 1.29 is 9.59 Å². The summed E-state index contributed by atoms with van der Waals surface area (Å²) in [5.41, 5.74) is 2.48. The summed E-state index contributed by atoms with van der Waals surface area (Å²) in [6.07, 6.45) is 0. The first-order valence-corrected chi connectivity index (χ1v) is 9.09. The summed E-state index contributed by atoms with van der Waals surface area (Å²) >= 11 is 1.64. The number of rotatable bonds is 7. The maximum Gasteiger partial charge on any atom is 0.237 e. The van der Waals surface area contributed by atoms with E-state index in [0.29, 0.717) is 11.3 Å². The summed E-state index contributed by atoms with van der Waals surface area (Å²) in [5, 5.41) is 2.80. The van der Waals surface area contributed by atoms with E-state index in [9.17, 15) is 9.59 Å². The van der Waals surface area contributed by atoms with Crippen LogP contribution < -0.4 is 5.32 Å². The highest BCUT2D eigenvalue weighted by molar-refractivity contribution is 7.99. The summed E-state index contributed by atoms with van der Waals surface area (Å²) in [6, 6.07) is 17.2. The maximum atomic E-state index is 12.6. The van der Waals surface area contributed by atoms with E-state index in [-0.39, 0.29) is 22.9 Å². The molecule has 0 aliphatic rings. The summed E-state index contributed by atoms with van der Waals surface area (Å²) in [5.74, 6) is 0.983. The number of thioether (sulfide) groups is 1. The standard InChI is InChI=1S/C20H23NO2S/c1-14(2)19(24-13-16-8-5-4-6-9-16)20(23)21-18-11-7-10-17(12-18)15(3)22/h4-12,14,19H,13H2,1-3H3,(H,21,23). The molecule has 24 heavy (non-hydrogen) atoms. The molecule has 0 saturated carbocycles. The summed E-state index contributed by atoms with van der Waals surface area (Å²) in [6.45, 7) is 5.62. The fourth-order valence-electron chi connectivity index (χ4n) is 2.36. The van der Waals surface area contributed by atoms with Gasteiger partial charge in [0.1, 0.15) is 0 Å². The van der Waals surface area contributed by atoms with Gasteiger partial charge in [-0.25, -0.2) is 0 Å². The molecule has 2 aromatic carbocycles. The van der Waals surface area contributed by atoms with Crippen LogP contribution in [-0.2, 0) is 10.5 Å². The second kappa shape index (κ2) is 8.69. The number of carbonyl (C=O) groups excluding carboxylic acids is 2. The lowest BCUT2D eigenvalue weighted by atomic mass is 10.1. The molecule has 3 nitrogen and oxygen atoms in total. The zero-order valence-corrected chi connectivity index (χ0v) is 15.1. The Kier molecular flexibility index (Phi) is 6.62. The highest BCUT2D eigenvalue weighted by Gasteiger charge is 2.23. The molecule has 0 radical (unpaired) electrons. The van der Waals surface area contributed by atoms with Gasteiger partial charge < -0.3 is 5.32 Å². The van der Waals surface area contributed by atoms with Gasteiger partial charge >= 0.3 is 0 Å².